The van der Waals surface area contributed by atoms with Gasteiger partial charge in [0.25, 0.3) is 5.89 Å². The summed E-state index contributed by atoms with van der Waals surface area (Å²) < 4.78 is 39.3. The molecule has 2 aromatic heterocycles. The molecule has 1 atom stereocenters. The van der Waals surface area contributed by atoms with Crippen LogP contribution in [0.2, 0.25) is 0 Å². The largest absolute Gasteiger partial charge is 0.494 e. The molecule has 0 radical (unpaired) electrons. The molecule has 3 heterocycles. The standard InChI is InChI=1S/C21H25N5O4S/c1-4-29-19-8-7-18(10-14(19)2)31(27,28)26-9-5-6-16(13-26)20-24-25-21(30-20)17-11-22-15(3)23-12-17/h7-8,10-12,16H,4-6,9,13H2,1-3H3. The molecule has 1 aliphatic rings. The fraction of sp³-hybridized carbons (Fsp3) is 0.429. The van der Waals surface area contributed by atoms with Crippen molar-refractivity contribution in [2.75, 3.05) is 19.7 Å². The van der Waals surface area contributed by atoms with Gasteiger partial charge in [-0.25, -0.2) is 18.4 Å². The first kappa shape index (κ1) is 21.4. The van der Waals surface area contributed by atoms with E-state index < -0.39 is 10.0 Å². The molecule has 4 rings (SSSR count). The molecule has 0 amide bonds. The highest BCUT2D eigenvalue weighted by Gasteiger charge is 2.33. The van der Waals surface area contributed by atoms with Crippen LogP contribution in [0.25, 0.3) is 11.5 Å². The first-order valence-electron chi connectivity index (χ1n) is 10.2. The summed E-state index contributed by atoms with van der Waals surface area (Å²) in [5.74, 6) is 1.94. The average molecular weight is 444 g/mol. The SMILES string of the molecule is CCOc1ccc(S(=O)(=O)N2CCCC(c3nnc(-c4cnc(C)nc4)o3)C2)cc1C. The Hall–Kier alpha value is -2.85. The number of ether oxygens (including phenoxy) is 1. The topological polar surface area (TPSA) is 111 Å². The number of hydrogen-bond acceptors (Lipinski definition) is 8. The highest BCUT2D eigenvalue weighted by atomic mass is 32.2. The maximum Gasteiger partial charge on any atom is 0.250 e. The van der Waals surface area contributed by atoms with Crippen molar-refractivity contribution in [3.05, 3.63) is 47.9 Å². The summed E-state index contributed by atoms with van der Waals surface area (Å²) in [5, 5.41) is 8.26. The molecule has 3 aromatic rings. The van der Waals surface area contributed by atoms with Crippen molar-refractivity contribution in [3.63, 3.8) is 0 Å². The number of nitrogens with zero attached hydrogens (tertiary/aromatic N) is 5. The minimum Gasteiger partial charge on any atom is -0.494 e. The number of benzene rings is 1. The minimum absolute atomic E-state index is 0.167. The molecule has 1 unspecified atom stereocenters. The highest BCUT2D eigenvalue weighted by molar-refractivity contribution is 7.89. The van der Waals surface area contributed by atoms with Gasteiger partial charge < -0.3 is 9.15 Å². The number of sulfonamides is 1. The fourth-order valence-electron chi connectivity index (χ4n) is 3.63. The van der Waals surface area contributed by atoms with Crippen LogP contribution in [0.1, 0.15) is 43.0 Å². The molecule has 1 saturated heterocycles. The molecule has 0 spiro atoms. The highest BCUT2D eigenvalue weighted by Crippen LogP contribution is 2.32. The van der Waals surface area contributed by atoms with E-state index in [-0.39, 0.29) is 10.8 Å². The van der Waals surface area contributed by atoms with Gasteiger partial charge in [-0.15, -0.1) is 10.2 Å². The van der Waals surface area contributed by atoms with Gasteiger partial charge in [0.1, 0.15) is 11.6 Å². The van der Waals surface area contributed by atoms with Crippen molar-refractivity contribution in [2.24, 2.45) is 0 Å². The van der Waals surface area contributed by atoms with Crippen molar-refractivity contribution < 1.29 is 17.6 Å². The summed E-state index contributed by atoms with van der Waals surface area (Å²) in [6.07, 6.45) is 4.75. The number of rotatable bonds is 6. The second kappa shape index (κ2) is 8.72. The Kier molecular flexibility index (Phi) is 6.01. The van der Waals surface area contributed by atoms with Crippen LogP contribution in [-0.2, 0) is 10.0 Å². The van der Waals surface area contributed by atoms with Crippen molar-refractivity contribution in [2.45, 2.75) is 44.4 Å². The Labute approximate surface area is 181 Å². The van der Waals surface area contributed by atoms with Gasteiger partial charge in [0, 0.05) is 25.5 Å². The van der Waals surface area contributed by atoms with Crippen LogP contribution in [-0.4, -0.2) is 52.6 Å². The van der Waals surface area contributed by atoms with Crippen LogP contribution >= 0.6 is 0 Å². The molecule has 164 valence electrons. The molecular formula is C21H25N5O4S. The Balaban J connectivity index is 1.53. The third-order valence-electron chi connectivity index (χ3n) is 5.29. The maximum atomic E-state index is 13.2. The van der Waals surface area contributed by atoms with Gasteiger partial charge in [-0.2, -0.15) is 4.31 Å². The molecule has 1 aromatic carbocycles. The second-order valence-electron chi connectivity index (χ2n) is 7.53. The average Bonchev–Trinajstić information content (AvgIpc) is 3.26. The molecule has 0 bridgehead atoms. The van der Waals surface area contributed by atoms with Gasteiger partial charge in [-0.1, -0.05) is 0 Å². The van der Waals surface area contributed by atoms with Gasteiger partial charge in [0.15, 0.2) is 0 Å². The zero-order chi connectivity index (χ0) is 22.0. The molecule has 0 N–H and O–H groups in total. The van der Waals surface area contributed by atoms with E-state index >= 15 is 0 Å². The van der Waals surface area contributed by atoms with E-state index in [4.69, 9.17) is 9.15 Å². The van der Waals surface area contributed by atoms with Crippen LogP contribution in [0.3, 0.4) is 0 Å². The Bertz CT molecular complexity index is 1160. The van der Waals surface area contributed by atoms with Gasteiger partial charge >= 0.3 is 0 Å². The van der Waals surface area contributed by atoms with Crippen molar-refractivity contribution >= 4 is 10.0 Å². The Morgan fingerprint density at radius 1 is 1.19 bits per heavy atom. The quantitative estimate of drug-likeness (QED) is 0.571. The predicted octanol–water partition coefficient (Wildman–Crippen LogP) is 3.11. The minimum atomic E-state index is -3.64. The van der Waals surface area contributed by atoms with Crippen molar-refractivity contribution in [1.82, 2.24) is 24.5 Å². The molecule has 10 heteroatoms. The van der Waals surface area contributed by atoms with E-state index in [0.29, 0.717) is 55.0 Å². The lowest BCUT2D eigenvalue weighted by atomic mass is 10.00. The summed E-state index contributed by atoms with van der Waals surface area (Å²) >= 11 is 0. The summed E-state index contributed by atoms with van der Waals surface area (Å²) in [7, 11) is -3.64. The molecule has 9 nitrogen and oxygen atoms in total. The van der Waals surface area contributed by atoms with Crippen LogP contribution in [0.4, 0.5) is 0 Å². The maximum absolute atomic E-state index is 13.2. The van der Waals surface area contributed by atoms with Gasteiger partial charge in [0.05, 0.1) is 23.0 Å². The summed E-state index contributed by atoms with van der Waals surface area (Å²) in [4.78, 5) is 8.55. The first-order valence-corrected chi connectivity index (χ1v) is 11.7. The van der Waals surface area contributed by atoms with Crippen LogP contribution in [0.15, 0.2) is 39.9 Å². The molecule has 1 aliphatic heterocycles. The molecule has 31 heavy (non-hydrogen) atoms. The zero-order valence-corrected chi connectivity index (χ0v) is 18.6. The summed E-state index contributed by atoms with van der Waals surface area (Å²) in [6.45, 7) is 6.82. The van der Waals surface area contributed by atoms with E-state index in [1.54, 1.807) is 37.5 Å². The van der Waals surface area contributed by atoms with Crippen LogP contribution < -0.4 is 4.74 Å². The van der Waals surface area contributed by atoms with Gasteiger partial charge in [0.2, 0.25) is 15.9 Å². The van der Waals surface area contributed by atoms with Crippen molar-refractivity contribution in [3.8, 4) is 17.2 Å². The molecule has 0 aliphatic carbocycles. The summed E-state index contributed by atoms with van der Waals surface area (Å²) in [6, 6.07) is 4.96. The van der Waals surface area contributed by atoms with Gasteiger partial charge in [-0.05, 0) is 57.4 Å². The molecule has 1 fully saturated rings. The van der Waals surface area contributed by atoms with E-state index in [0.717, 1.165) is 12.0 Å². The Morgan fingerprint density at radius 3 is 2.68 bits per heavy atom. The third-order valence-corrected chi connectivity index (χ3v) is 7.15. The monoisotopic (exact) mass is 443 g/mol. The zero-order valence-electron chi connectivity index (χ0n) is 17.8. The Morgan fingerprint density at radius 2 is 1.97 bits per heavy atom. The number of piperidine rings is 1. The fourth-order valence-corrected chi connectivity index (χ4v) is 5.24. The molecule has 0 saturated carbocycles. The van der Waals surface area contributed by atoms with Crippen molar-refractivity contribution in [1.29, 1.82) is 0 Å². The van der Waals surface area contributed by atoms with Crippen LogP contribution in [0, 0.1) is 13.8 Å². The summed E-state index contributed by atoms with van der Waals surface area (Å²) in [5.41, 5.74) is 1.42. The predicted molar refractivity (Wildman–Crippen MR) is 113 cm³/mol. The smallest absolute Gasteiger partial charge is 0.250 e. The van der Waals surface area contributed by atoms with Crippen LogP contribution in [0.5, 0.6) is 5.75 Å². The van der Waals surface area contributed by atoms with E-state index in [1.165, 1.54) is 4.31 Å². The second-order valence-corrected chi connectivity index (χ2v) is 9.46. The molecular weight excluding hydrogens is 418 g/mol. The third kappa shape index (κ3) is 4.45. The first-order chi connectivity index (χ1) is 14.9. The van der Waals surface area contributed by atoms with Gasteiger partial charge in [-0.3, -0.25) is 0 Å². The normalized spacial score (nSPS) is 17.6. The van der Waals surface area contributed by atoms with E-state index in [1.807, 2.05) is 13.8 Å². The number of aromatic nitrogens is 4. The number of aryl methyl sites for hydroxylation is 2. The lowest BCUT2D eigenvalue weighted by Gasteiger charge is -2.30. The number of hydrogen-bond donors (Lipinski definition) is 0. The lowest BCUT2D eigenvalue weighted by Crippen LogP contribution is -2.39. The lowest BCUT2D eigenvalue weighted by molar-refractivity contribution is 0.286. The van der Waals surface area contributed by atoms with E-state index in [9.17, 15) is 8.42 Å². The van der Waals surface area contributed by atoms with E-state index in [2.05, 4.69) is 20.2 Å².